The first-order valence-electron chi connectivity index (χ1n) is 9.01. The number of phenols is 1. The summed E-state index contributed by atoms with van der Waals surface area (Å²) in [7, 11) is 0. The number of pyridine rings is 1. The number of aldehydes is 1. The van der Waals surface area contributed by atoms with Crippen LogP contribution in [0.25, 0.3) is 5.82 Å². The number of phenolic OH excluding ortho intramolecular Hbond substituents is 1. The molecule has 1 aliphatic carbocycles. The van der Waals surface area contributed by atoms with E-state index in [0.717, 1.165) is 30.0 Å². The van der Waals surface area contributed by atoms with Crippen molar-refractivity contribution < 1.29 is 14.6 Å². The Morgan fingerprint density at radius 2 is 2.00 bits per heavy atom. The van der Waals surface area contributed by atoms with Crippen molar-refractivity contribution in [3.05, 3.63) is 65.9 Å². The topological polar surface area (TPSA) is 77.2 Å². The van der Waals surface area contributed by atoms with E-state index >= 15 is 0 Å². The number of carbonyl (C=O) groups is 1. The Balaban J connectivity index is 1.78. The summed E-state index contributed by atoms with van der Waals surface area (Å²) in [6.07, 6.45) is 7.68. The van der Waals surface area contributed by atoms with Gasteiger partial charge in [-0.15, -0.1) is 0 Å². The van der Waals surface area contributed by atoms with Crippen molar-refractivity contribution in [3.8, 4) is 17.3 Å². The van der Waals surface area contributed by atoms with Crippen molar-refractivity contribution in [3.63, 3.8) is 0 Å². The number of hydrogen-bond donors (Lipinski definition) is 1. The van der Waals surface area contributed by atoms with Gasteiger partial charge in [0.1, 0.15) is 28.7 Å². The molecule has 1 aromatic carbocycles. The highest BCUT2D eigenvalue weighted by Gasteiger charge is 2.50. The Morgan fingerprint density at radius 3 is 2.70 bits per heavy atom. The second-order valence-electron chi connectivity index (χ2n) is 7.09. The van der Waals surface area contributed by atoms with Crippen molar-refractivity contribution in [1.29, 1.82) is 0 Å². The monoisotopic (exact) mass is 363 g/mol. The first-order chi connectivity index (χ1) is 13.1. The fourth-order valence-corrected chi connectivity index (χ4v) is 3.36. The van der Waals surface area contributed by atoms with Crippen molar-refractivity contribution in [1.82, 2.24) is 14.5 Å². The highest BCUT2D eigenvalue weighted by Crippen LogP contribution is 2.51. The molecule has 1 aliphatic rings. The number of aromatic nitrogens is 3. The summed E-state index contributed by atoms with van der Waals surface area (Å²) in [5.74, 6) is 2.26. The van der Waals surface area contributed by atoms with Crippen LogP contribution in [0.1, 0.15) is 54.4 Å². The van der Waals surface area contributed by atoms with Gasteiger partial charge in [0.15, 0.2) is 6.29 Å². The van der Waals surface area contributed by atoms with Crippen molar-refractivity contribution >= 4 is 6.29 Å². The van der Waals surface area contributed by atoms with E-state index in [1.54, 1.807) is 24.5 Å². The molecule has 4 rings (SSSR count). The second-order valence-corrected chi connectivity index (χ2v) is 7.09. The molecule has 2 heterocycles. The average Bonchev–Trinajstić information content (AvgIpc) is 3.26. The van der Waals surface area contributed by atoms with E-state index < -0.39 is 5.60 Å². The van der Waals surface area contributed by atoms with Crippen molar-refractivity contribution in [2.45, 2.75) is 38.2 Å². The van der Waals surface area contributed by atoms with E-state index in [4.69, 9.17) is 4.74 Å². The summed E-state index contributed by atoms with van der Waals surface area (Å²) in [5.41, 5.74) is 0.554. The first-order valence-corrected chi connectivity index (χ1v) is 9.01. The predicted octanol–water partition coefficient (Wildman–Crippen LogP) is 3.98. The maximum atomic E-state index is 11.4. The molecule has 1 saturated carbocycles. The molecule has 0 amide bonds. The number of rotatable bonds is 6. The number of carbonyl (C=O) groups excluding carboxylic acids is 1. The molecule has 0 spiro atoms. The molecule has 0 radical (unpaired) electrons. The fourth-order valence-electron chi connectivity index (χ4n) is 3.36. The largest absolute Gasteiger partial charge is 0.507 e. The minimum Gasteiger partial charge on any atom is -0.507 e. The smallest absolute Gasteiger partial charge is 0.157 e. The Kier molecular flexibility index (Phi) is 4.18. The first kappa shape index (κ1) is 17.3. The Bertz CT molecular complexity index is 990. The molecule has 138 valence electrons. The highest BCUT2D eigenvalue weighted by molar-refractivity contribution is 5.83. The molecule has 2 aromatic heterocycles. The van der Waals surface area contributed by atoms with E-state index in [2.05, 4.69) is 23.8 Å². The third-order valence-corrected chi connectivity index (χ3v) is 4.86. The van der Waals surface area contributed by atoms with Gasteiger partial charge in [0, 0.05) is 30.1 Å². The number of aromatic hydroxyl groups is 1. The van der Waals surface area contributed by atoms with Crippen LogP contribution in [0, 0.1) is 0 Å². The van der Waals surface area contributed by atoms with Crippen molar-refractivity contribution in [2.24, 2.45) is 0 Å². The van der Waals surface area contributed by atoms with Gasteiger partial charge in [-0.05, 0) is 37.1 Å². The zero-order valence-corrected chi connectivity index (χ0v) is 15.3. The Morgan fingerprint density at radius 1 is 1.19 bits per heavy atom. The van der Waals surface area contributed by atoms with E-state index in [-0.39, 0.29) is 17.2 Å². The van der Waals surface area contributed by atoms with Crippen LogP contribution < -0.4 is 4.74 Å². The number of hydrogen-bond acceptors (Lipinski definition) is 5. The molecule has 0 unspecified atom stereocenters. The molecule has 3 aromatic rings. The number of benzene rings is 1. The maximum Gasteiger partial charge on any atom is 0.157 e. The molecule has 0 saturated heterocycles. The van der Waals surface area contributed by atoms with Gasteiger partial charge in [0.05, 0.1) is 5.56 Å². The third kappa shape index (κ3) is 2.97. The minimum atomic E-state index is -0.562. The normalized spacial score (nSPS) is 14.9. The molecule has 27 heavy (non-hydrogen) atoms. The van der Waals surface area contributed by atoms with Crippen LogP contribution in [0.3, 0.4) is 0 Å². The van der Waals surface area contributed by atoms with Crippen LogP contribution >= 0.6 is 0 Å². The van der Waals surface area contributed by atoms with Crippen LogP contribution in [-0.2, 0) is 5.60 Å². The molecule has 0 bridgehead atoms. The van der Waals surface area contributed by atoms with Crippen LogP contribution in [-0.4, -0.2) is 25.9 Å². The van der Waals surface area contributed by atoms with Gasteiger partial charge in [-0.3, -0.25) is 9.36 Å². The van der Waals surface area contributed by atoms with E-state index in [1.165, 1.54) is 6.07 Å². The number of imidazole rings is 1. The minimum absolute atomic E-state index is 0.0820. The van der Waals surface area contributed by atoms with Crippen LogP contribution in [0.4, 0.5) is 0 Å². The Hall–Kier alpha value is -3.15. The molecule has 0 atom stereocenters. The van der Waals surface area contributed by atoms with Crippen LogP contribution in [0.15, 0.2) is 48.9 Å². The molecule has 1 fully saturated rings. The maximum absolute atomic E-state index is 11.4. The zero-order valence-electron chi connectivity index (χ0n) is 15.3. The van der Waals surface area contributed by atoms with Gasteiger partial charge >= 0.3 is 0 Å². The summed E-state index contributed by atoms with van der Waals surface area (Å²) in [5, 5.41) is 9.95. The van der Waals surface area contributed by atoms with Gasteiger partial charge in [-0.1, -0.05) is 19.9 Å². The molecular formula is C21H21N3O3. The lowest BCUT2D eigenvalue weighted by Gasteiger charge is -2.23. The summed E-state index contributed by atoms with van der Waals surface area (Å²) in [4.78, 5) is 20.5. The Labute approximate surface area is 157 Å². The highest BCUT2D eigenvalue weighted by atomic mass is 16.5. The lowest BCUT2D eigenvalue weighted by atomic mass is 10.1. The van der Waals surface area contributed by atoms with Crippen molar-refractivity contribution in [2.75, 3.05) is 0 Å². The molecule has 0 aliphatic heterocycles. The average molecular weight is 363 g/mol. The van der Waals surface area contributed by atoms with Crippen LogP contribution in [0.5, 0.6) is 11.5 Å². The van der Waals surface area contributed by atoms with Gasteiger partial charge < -0.3 is 9.84 Å². The number of nitrogens with zero attached hydrogens (tertiary/aromatic N) is 3. The van der Waals surface area contributed by atoms with Gasteiger partial charge in [-0.25, -0.2) is 9.97 Å². The molecule has 1 N–H and O–H groups in total. The summed E-state index contributed by atoms with van der Waals surface area (Å²) < 4.78 is 8.27. The summed E-state index contributed by atoms with van der Waals surface area (Å²) >= 11 is 0. The van der Waals surface area contributed by atoms with Gasteiger partial charge in [0.25, 0.3) is 0 Å². The molecule has 6 heteroatoms. The zero-order chi connectivity index (χ0) is 19.0. The lowest BCUT2D eigenvalue weighted by Crippen LogP contribution is -2.20. The standard InChI is InChI=1S/C21H21N3O3/c1-14(2)19-23-11-12-24(19)20-16(5-4-10-22-20)21(8-9-21)27-18-7-3-6-17(26)15(18)13-25/h3-7,10-14,26H,8-9H2,1-2H3. The number of ether oxygens (including phenoxy) is 1. The third-order valence-electron chi connectivity index (χ3n) is 4.86. The van der Waals surface area contributed by atoms with E-state index in [9.17, 15) is 9.90 Å². The van der Waals surface area contributed by atoms with Crippen LogP contribution in [0.2, 0.25) is 0 Å². The van der Waals surface area contributed by atoms with Gasteiger partial charge in [0.2, 0.25) is 0 Å². The molecule has 6 nitrogen and oxygen atoms in total. The second kappa shape index (κ2) is 6.54. The summed E-state index contributed by atoms with van der Waals surface area (Å²) in [6.45, 7) is 4.18. The lowest BCUT2D eigenvalue weighted by molar-refractivity contribution is 0.111. The fraction of sp³-hybridized carbons (Fsp3) is 0.286. The molecular weight excluding hydrogens is 342 g/mol. The van der Waals surface area contributed by atoms with E-state index in [1.807, 2.05) is 22.9 Å². The summed E-state index contributed by atoms with van der Waals surface area (Å²) in [6, 6.07) is 8.74. The van der Waals surface area contributed by atoms with E-state index in [0.29, 0.717) is 12.0 Å². The quantitative estimate of drug-likeness (QED) is 0.671. The predicted molar refractivity (Wildman–Crippen MR) is 100 cm³/mol. The SMILES string of the molecule is CC(C)c1nccn1-c1ncccc1C1(Oc2cccc(O)c2C=O)CC1. The van der Waals surface area contributed by atoms with Gasteiger partial charge in [-0.2, -0.15) is 0 Å².